The van der Waals surface area contributed by atoms with Crippen LogP contribution in [-0.4, -0.2) is 16.9 Å². The molecule has 0 bridgehead atoms. The smallest absolute Gasteiger partial charge is 0.271 e. The van der Waals surface area contributed by atoms with Crippen LogP contribution in [0.5, 0.6) is 0 Å². The van der Waals surface area contributed by atoms with Crippen LogP contribution in [0.1, 0.15) is 16.1 Å². The lowest BCUT2D eigenvalue weighted by Crippen LogP contribution is -2.48. The molecule has 0 fully saturated rings. The second kappa shape index (κ2) is 8.11. The summed E-state index contributed by atoms with van der Waals surface area (Å²) in [6.45, 7) is 0. The number of benzene rings is 1. The Morgan fingerprint density at radius 2 is 1.91 bits per heavy atom. The molecule has 6 nitrogen and oxygen atoms in total. The average molecular weight is 350 g/mol. The summed E-state index contributed by atoms with van der Waals surface area (Å²) in [6, 6.07) is 9.95. The van der Waals surface area contributed by atoms with E-state index in [1.807, 2.05) is 0 Å². The van der Waals surface area contributed by atoms with Gasteiger partial charge >= 0.3 is 0 Å². The highest BCUT2D eigenvalue weighted by Gasteiger charge is 2.09. The molecule has 0 saturated heterocycles. The molecule has 1 heterocycles. The zero-order valence-electron chi connectivity index (χ0n) is 11.7. The molecule has 8 heteroatoms. The van der Waals surface area contributed by atoms with Gasteiger partial charge in [0.2, 0.25) is 5.91 Å². The number of carbonyl (C=O) groups excluding carboxylic acids is 2. The molecule has 0 atom stereocenters. The lowest BCUT2D eigenvalue weighted by Gasteiger charge is -2.10. The molecule has 0 radical (unpaired) electrons. The lowest BCUT2D eigenvalue weighted by atomic mass is 10.2. The molecule has 0 saturated carbocycles. The summed E-state index contributed by atoms with van der Waals surface area (Å²) in [5.41, 5.74) is 5.04. The second-order valence-electron chi connectivity index (χ2n) is 4.23. The molecule has 0 spiro atoms. The van der Waals surface area contributed by atoms with Gasteiger partial charge in [0.05, 0.1) is 16.8 Å². The van der Waals surface area contributed by atoms with Gasteiger partial charge in [-0.2, -0.15) is 0 Å². The van der Waals surface area contributed by atoms with Crippen molar-refractivity contribution < 1.29 is 14.0 Å². The molecule has 1 aromatic heterocycles. The van der Waals surface area contributed by atoms with Gasteiger partial charge < -0.3 is 4.42 Å². The maximum absolute atomic E-state index is 11.9. The Hall–Kier alpha value is -2.64. The van der Waals surface area contributed by atoms with Crippen molar-refractivity contribution in [1.82, 2.24) is 16.2 Å². The first kappa shape index (κ1) is 16.7. The van der Waals surface area contributed by atoms with Crippen LogP contribution in [0, 0.1) is 0 Å². The molecule has 23 heavy (non-hydrogen) atoms. The van der Waals surface area contributed by atoms with E-state index in [-0.39, 0.29) is 10.7 Å². The monoisotopic (exact) mass is 349 g/mol. The summed E-state index contributed by atoms with van der Waals surface area (Å²) in [5, 5.41) is 2.62. The largest absolute Gasteiger partial charge is 0.465 e. The number of amides is 2. The van der Waals surface area contributed by atoms with Crippen LogP contribution in [0.25, 0.3) is 6.08 Å². The molecular weight excluding hydrogens is 338 g/mol. The van der Waals surface area contributed by atoms with E-state index in [0.717, 1.165) is 0 Å². The summed E-state index contributed by atoms with van der Waals surface area (Å²) in [5.74, 6) is -0.407. The Labute approximate surface area is 142 Å². The van der Waals surface area contributed by atoms with Crippen LogP contribution < -0.4 is 16.2 Å². The third kappa shape index (κ3) is 5.24. The van der Waals surface area contributed by atoms with Crippen molar-refractivity contribution in [3.05, 3.63) is 65.1 Å². The number of halogens is 1. The summed E-state index contributed by atoms with van der Waals surface area (Å²) in [6.07, 6.45) is 4.23. The summed E-state index contributed by atoms with van der Waals surface area (Å²) < 4.78 is 5.04. The van der Waals surface area contributed by atoms with Gasteiger partial charge in [-0.25, -0.2) is 0 Å². The highest BCUT2D eigenvalue weighted by molar-refractivity contribution is 7.80. The fourth-order valence-electron chi connectivity index (χ4n) is 1.55. The molecule has 118 valence electrons. The van der Waals surface area contributed by atoms with E-state index >= 15 is 0 Å². The van der Waals surface area contributed by atoms with Crippen molar-refractivity contribution in [2.75, 3.05) is 0 Å². The van der Waals surface area contributed by atoms with Gasteiger partial charge in [0.25, 0.3) is 5.91 Å². The highest BCUT2D eigenvalue weighted by Crippen LogP contribution is 2.13. The Bertz CT molecular complexity index is 744. The second-order valence-corrected chi connectivity index (χ2v) is 5.04. The summed E-state index contributed by atoms with van der Waals surface area (Å²) >= 11 is 10.8. The van der Waals surface area contributed by atoms with Crippen molar-refractivity contribution in [1.29, 1.82) is 0 Å². The standard InChI is InChI=1S/C15H12ClN3O3S/c16-12-6-2-1-5-11(12)14(21)18-19-15(23)17-13(20)8-7-10-4-3-9-22-10/h1-9H,(H,18,21)(H2,17,19,20,23)/b8-7+. The van der Waals surface area contributed by atoms with E-state index in [9.17, 15) is 9.59 Å². The van der Waals surface area contributed by atoms with Gasteiger partial charge in [-0.05, 0) is 42.6 Å². The van der Waals surface area contributed by atoms with Gasteiger partial charge in [-0.1, -0.05) is 23.7 Å². The third-order valence-corrected chi connectivity index (χ3v) is 3.12. The van der Waals surface area contributed by atoms with E-state index in [1.54, 1.807) is 36.4 Å². The minimum absolute atomic E-state index is 0.0560. The predicted octanol–water partition coefficient (Wildman–Crippen LogP) is 2.28. The van der Waals surface area contributed by atoms with Crippen molar-refractivity contribution in [2.24, 2.45) is 0 Å². The number of hydrogen-bond acceptors (Lipinski definition) is 4. The van der Waals surface area contributed by atoms with E-state index < -0.39 is 11.8 Å². The van der Waals surface area contributed by atoms with E-state index in [0.29, 0.717) is 10.8 Å². The van der Waals surface area contributed by atoms with Crippen molar-refractivity contribution in [2.45, 2.75) is 0 Å². The maximum atomic E-state index is 11.9. The molecule has 2 rings (SSSR count). The molecule has 2 amide bonds. The van der Waals surface area contributed by atoms with Crippen LogP contribution in [0.4, 0.5) is 0 Å². The lowest BCUT2D eigenvalue weighted by molar-refractivity contribution is -0.115. The van der Waals surface area contributed by atoms with Gasteiger partial charge in [-0.3, -0.25) is 25.8 Å². The van der Waals surface area contributed by atoms with Crippen molar-refractivity contribution >= 4 is 46.8 Å². The zero-order valence-corrected chi connectivity index (χ0v) is 13.3. The van der Waals surface area contributed by atoms with E-state index in [1.165, 1.54) is 18.4 Å². The summed E-state index contributed by atoms with van der Waals surface area (Å²) in [4.78, 5) is 23.5. The Balaban J connectivity index is 1.80. The average Bonchev–Trinajstić information content (AvgIpc) is 3.04. The molecule has 3 N–H and O–H groups in total. The van der Waals surface area contributed by atoms with Crippen LogP contribution in [0.2, 0.25) is 5.02 Å². The number of furan rings is 1. The fraction of sp³-hybridized carbons (Fsp3) is 0. The number of thiocarbonyl (C=S) groups is 1. The third-order valence-electron chi connectivity index (χ3n) is 2.59. The molecule has 1 aromatic carbocycles. The van der Waals surface area contributed by atoms with Crippen LogP contribution in [-0.2, 0) is 4.79 Å². The van der Waals surface area contributed by atoms with Gasteiger partial charge in [0, 0.05) is 6.08 Å². The van der Waals surface area contributed by atoms with Crippen LogP contribution in [0.3, 0.4) is 0 Å². The Morgan fingerprint density at radius 3 is 2.61 bits per heavy atom. The maximum Gasteiger partial charge on any atom is 0.271 e. The van der Waals surface area contributed by atoms with Gasteiger partial charge in [0.1, 0.15) is 5.76 Å². The minimum atomic E-state index is -0.474. The van der Waals surface area contributed by atoms with Gasteiger partial charge in [0.15, 0.2) is 5.11 Å². The predicted molar refractivity (Wildman–Crippen MR) is 90.5 cm³/mol. The Morgan fingerprint density at radius 1 is 1.13 bits per heavy atom. The van der Waals surface area contributed by atoms with E-state index in [4.69, 9.17) is 28.2 Å². The van der Waals surface area contributed by atoms with Crippen molar-refractivity contribution in [3.8, 4) is 0 Å². The normalized spacial score (nSPS) is 10.3. The number of nitrogens with one attached hydrogen (secondary N) is 3. The first-order valence-electron chi connectivity index (χ1n) is 6.43. The van der Waals surface area contributed by atoms with E-state index in [2.05, 4.69) is 16.2 Å². The van der Waals surface area contributed by atoms with Crippen LogP contribution in [0.15, 0.2) is 53.2 Å². The first-order chi connectivity index (χ1) is 11.1. The van der Waals surface area contributed by atoms with Crippen LogP contribution >= 0.6 is 23.8 Å². The SMILES string of the molecule is O=C(/C=C/c1ccco1)NC(=S)NNC(=O)c1ccccc1Cl. The zero-order chi connectivity index (χ0) is 16.7. The molecule has 2 aromatic rings. The summed E-state index contributed by atoms with van der Waals surface area (Å²) in [7, 11) is 0. The molecule has 0 aliphatic heterocycles. The first-order valence-corrected chi connectivity index (χ1v) is 7.22. The molecular formula is C15H12ClN3O3S. The quantitative estimate of drug-likeness (QED) is 0.450. The van der Waals surface area contributed by atoms with Gasteiger partial charge in [-0.15, -0.1) is 0 Å². The highest BCUT2D eigenvalue weighted by atomic mass is 35.5. The molecule has 0 unspecified atom stereocenters. The topological polar surface area (TPSA) is 83.4 Å². The molecule has 0 aliphatic rings. The fourth-order valence-corrected chi connectivity index (χ4v) is 1.93. The number of hydrogen-bond donors (Lipinski definition) is 3. The number of hydrazine groups is 1. The number of carbonyl (C=O) groups is 2. The Kier molecular flexibility index (Phi) is 5.90. The van der Waals surface area contributed by atoms with Crippen molar-refractivity contribution in [3.63, 3.8) is 0 Å². The minimum Gasteiger partial charge on any atom is -0.465 e. The molecule has 0 aliphatic carbocycles. The number of rotatable bonds is 3.